The number of nitrogens with one attached hydrogen (secondary N) is 1. The van der Waals surface area contributed by atoms with Gasteiger partial charge >= 0.3 is 0 Å². The third kappa shape index (κ3) is 5.50. The molecule has 0 saturated carbocycles. The van der Waals surface area contributed by atoms with E-state index in [1.54, 1.807) is 24.1 Å². The molecule has 7 heteroatoms. The summed E-state index contributed by atoms with van der Waals surface area (Å²) in [6.07, 6.45) is 0. The van der Waals surface area contributed by atoms with Gasteiger partial charge in [-0.2, -0.15) is 0 Å². The van der Waals surface area contributed by atoms with Crippen molar-refractivity contribution in [2.24, 2.45) is 0 Å². The molecule has 1 aromatic rings. The van der Waals surface area contributed by atoms with Gasteiger partial charge in [0.05, 0.1) is 33.4 Å². The summed E-state index contributed by atoms with van der Waals surface area (Å²) in [4.78, 5) is 28.1. The Morgan fingerprint density at radius 3 is 2.71 bits per heavy atom. The van der Waals surface area contributed by atoms with Crippen LogP contribution in [0, 0.1) is 0 Å². The van der Waals surface area contributed by atoms with Gasteiger partial charge in [0.2, 0.25) is 11.8 Å². The molecule has 2 amide bonds. The van der Waals surface area contributed by atoms with E-state index in [2.05, 4.69) is 5.32 Å². The topological polar surface area (TPSA) is 71.1 Å². The van der Waals surface area contributed by atoms with Gasteiger partial charge in [0, 0.05) is 24.8 Å². The number of carbonyl (C=O) groups is 2. The van der Waals surface area contributed by atoms with Crippen LogP contribution in [0.2, 0.25) is 0 Å². The highest BCUT2D eigenvalue weighted by Gasteiger charge is 2.20. The first kappa shape index (κ1) is 18.2. The van der Waals surface area contributed by atoms with E-state index in [0.717, 1.165) is 0 Å². The third-order valence-corrected chi connectivity index (χ3v) is 3.89. The maximum Gasteiger partial charge on any atom is 0.238 e. The van der Waals surface area contributed by atoms with Crippen LogP contribution in [0.1, 0.15) is 6.92 Å². The first-order valence-corrected chi connectivity index (χ1v) is 8.14. The Kier molecular flexibility index (Phi) is 7.02. The van der Waals surface area contributed by atoms with Gasteiger partial charge in [0.25, 0.3) is 0 Å². The van der Waals surface area contributed by atoms with E-state index < -0.39 is 0 Å². The smallest absolute Gasteiger partial charge is 0.238 e. The summed E-state index contributed by atoms with van der Waals surface area (Å²) in [5.41, 5.74) is 0.676. The maximum atomic E-state index is 12.3. The lowest BCUT2D eigenvalue weighted by Gasteiger charge is -2.29. The molecule has 2 rings (SSSR count). The molecule has 132 valence electrons. The average Bonchev–Trinajstić information content (AvgIpc) is 2.61. The summed E-state index contributed by atoms with van der Waals surface area (Å²) in [5, 5.41) is 2.83. The predicted molar refractivity (Wildman–Crippen MR) is 91.1 cm³/mol. The first-order valence-electron chi connectivity index (χ1n) is 8.14. The predicted octanol–water partition coefficient (Wildman–Crippen LogP) is 0.814. The zero-order chi connectivity index (χ0) is 17.4. The van der Waals surface area contributed by atoms with E-state index in [0.29, 0.717) is 44.3 Å². The molecule has 1 aliphatic rings. The number of amides is 2. The molecular formula is C17H25N3O4. The molecule has 0 aromatic heterocycles. The molecule has 1 heterocycles. The molecule has 0 radical (unpaired) electrons. The minimum atomic E-state index is -0.153. The molecule has 0 bridgehead atoms. The van der Waals surface area contributed by atoms with E-state index in [-0.39, 0.29) is 24.9 Å². The second-order valence-corrected chi connectivity index (χ2v) is 5.58. The number of ether oxygens (including phenoxy) is 2. The fraction of sp³-hybridized carbons (Fsp3) is 0.529. The molecule has 0 atom stereocenters. The molecule has 1 fully saturated rings. The van der Waals surface area contributed by atoms with Crippen LogP contribution < -0.4 is 10.1 Å². The van der Waals surface area contributed by atoms with Gasteiger partial charge in [0.15, 0.2) is 0 Å². The molecule has 1 N–H and O–H groups in total. The average molecular weight is 335 g/mol. The third-order valence-electron chi connectivity index (χ3n) is 3.89. The Morgan fingerprint density at radius 2 is 2.04 bits per heavy atom. The highest BCUT2D eigenvalue weighted by molar-refractivity contribution is 5.92. The van der Waals surface area contributed by atoms with Crippen molar-refractivity contribution in [3.63, 3.8) is 0 Å². The van der Waals surface area contributed by atoms with E-state index in [9.17, 15) is 9.59 Å². The van der Waals surface area contributed by atoms with Crippen molar-refractivity contribution in [2.75, 3.05) is 58.4 Å². The largest absolute Gasteiger partial charge is 0.497 e. The fourth-order valence-corrected chi connectivity index (χ4v) is 2.49. The number of benzene rings is 1. The Hall–Kier alpha value is -2.12. The highest BCUT2D eigenvalue weighted by Crippen LogP contribution is 2.16. The van der Waals surface area contributed by atoms with Crippen LogP contribution in [0.4, 0.5) is 5.69 Å². The monoisotopic (exact) mass is 335 g/mol. The van der Waals surface area contributed by atoms with E-state index in [1.165, 1.54) is 0 Å². The number of hydrogen-bond donors (Lipinski definition) is 1. The lowest BCUT2D eigenvalue weighted by Crippen LogP contribution is -2.47. The van der Waals surface area contributed by atoms with Gasteiger partial charge in [-0.25, -0.2) is 0 Å². The second kappa shape index (κ2) is 9.24. The normalized spacial score (nSPS) is 14.5. The molecule has 1 aromatic carbocycles. The van der Waals surface area contributed by atoms with Crippen LogP contribution in [-0.2, 0) is 14.3 Å². The zero-order valence-corrected chi connectivity index (χ0v) is 14.3. The maximum absolute atomic E-state index is 12.3. The van der Waals surface area contributed by atoms with Crippen LogP contribution >= 0.6 is 0 Å². The van der Waals surface area contributed by atoms with E-state index >= 15 is 0 Å². The molecule has 0 unspecified atom stereocenters. The zero-order valence-electron chi connectivity index (χ0n) is 14.3. The van der Waals surface area contributed by atoms with Crippen molar-refractivity contribution in [3.8, 4) is 5.75 Å². The van der Waals surface area contributed by atoms with Crippen molar-refractivity contribution >= 4 is 17.5 Å². The fourth-order valence-electron chi connectivity index (χ4n) is 2.49. The Bertz CT molecular complexity index is 559. The summed E-state index contributed by atoms with van der Waals surface area (Å²) in [5.74, 6) is 0.567. The number of morpholine rings is 1. The van der Waals surface area contributed by atoms with E-state index in [4.69, 9.17) is 9.47 Å². The van der Waals surface area contributed by atoms with Gasteiger partial charge in [-0.15, -0.1) is 0 Å². The molecular weight excluding hydrogens is 310 g/mol. The Labute approximate surface area is 142 Å². The SMILES string of the molecule is CCN(CC(=O)Nc1cccc(OC)c1)CC(=O)N1CCOCC1. The van der Waals surface area contributed by atoms with Crippen LogP contribution in [0.25, 0.3) is 0 Å². The molecule has 0 aliphatic carbocycles. The van der Waals surface area contributed by atoms with Crippen molar-refractivity contribution in [1.29, 1.82) is 0 Å². The standard InChI is InChI=1S/C17H25N3O4/c1-3-19(13-17(22)20-7-9-24-10-8-20)12-16(21)18-14-5-4-6-15(11-14)23-2/h4-6,11H,3,7-10,12-13H2,1-2H3,(H,18,21). The van der Waals surface area contributed by atoms with Crippen molar-refractivity contribution in [1.82, 2.24) is 9.80 Å². The molecule has 24 heavy (non-hydrogen) atoms. The van der Waals surface area contributed by atoms with Gasteiger partial charge in [0.1, 0.15) is 5.75 Å². The minimum absolute atomic E-state index is 0.0364. The van der Waals surface area contributed by atoms with Gasteiger partial charge in [-0.3, -0.25) is 14.5 Å². The minimum Gasteiger partial charge on any atom is -0.497 e. The lowest BCUT2D eigenvalue weighted by atomic mass is 10.3. The van der Waals surface area contributed by atoms with Crippen molar-refractivity contribution in [2.45, 2.75) is 6.92 Å². The summed E-state index contributed by atoms with van der Waals surface area (Å²) in [7, 11) is 1.58. The molecule has 1 aliphatic heterocycles. The highest BCUT2D eigenvalue weighted by atomic mass is 16.5. The number of anilines is 1. The Balaban J connectivity index is 1.84. The number of carbonyl (C=O) groups excluding carboxylic acids is 2. The number of methoxy groups -OCH3 is 1. The summed E-state index contributed by atoms with van der Waals surface area (Å²) in [6, 6.07) is 7.19. The number of hydrogen-bond acceptors (Lipinski definition) is 5. The molecule has 1 saturated heterocycles. The van der Waals surface area contributed by atoms with Crippen molar-refractivity contribution < 1.29 is 19.1 Å². The van der Waals surface area contributed by atoms with Gasteiger partial charge in [-0.1, -0.05) is 13.0 Å². The first-order chi connectivity index (χ1) is 11.6. The quantitative estimate of drug-likeness (QED) is 0.799. The summed E-state index contributed by atoms with van der Waals surface area (Å²) in [6.45, 7) is 5.36. The molecule has 0 spiro atoms. The van der Waals surface area contributed by atoms with Crippen LogP contribution in [-0.4, -0.2) is 74.7 Å². The van der Waals surface area contributed by atoms with E-state index in [1.807, 2.05) is 24.0 Å². The summed E-state index contributed by atoms with van der Waals surface area (Å²) < 4.78 is 10.4. The number of rotatable bonds is 7. The van der Waals surface area contributed by atoms with Gasteiger partial charge in [-0.05, 0) is 18.7 Å². The summed E-state index contributed by atoms with van der Waals surface area (Å²) >= 11 is 0. The van der Waals surface area contributed by atoms with Crippen LogP contribution in [0.5, 0.6) is 5.75 Å². The van der Waals surface area contributed by atoms with Crippen LogP contribution in [0.3, 0.4) is 0 Å². The number of nitrogens with zero attached hydrogens (tertiary/aromatic N) is 2. The Morgan fingerprint density at radius 1 is 1.29 bits per heavy atom. The molecule has 7 nitrogen and oxygen atoms in total. The lowest BCUT2D eigenvalue weighted by molar-refractivity contribution is -0.136. The van der Waals surface area contributed by atoms with Gasteiger partial charge < -0.3 is 19.7 Å². The van der Waals surface area contributed by atoms with Crippen LogP contribution in [0.15, 0.2) is 24.3 Å². The van der Waals surface area contributed by atoms with Crippen molar-refractivity contribution in [3.05, 3.63) is 24.3 Å². The second-order valence-electron chi connectivity index (χ2n) is 5.58. The number of likely N-dealkylation sites (N-methyl/N-ethyl adjacent to an activating group) is 1.